The Labute approximate surface area is 117 Å². The van der Waals surface area contributed by atoms with Crippen LogP contribution >= 0.6 is 12.4 Å². The third-order valence-electron chi connectivity index (χ3n) is 2.92. The first-order chi connectivity index (χ1) is 7.81. The Morgan fingerprint density at radius 3 is 2.11 bits per heavy atom. The van der Waals surface area contributed by atoms with E-state index in [0.29, 0.717) is 19.4 Å². The van der Waals surface area contributed by atoms with Crippen molar-refractivity contribution in [2.24, 2.45) is 5.73 Å². The van der Waals surface area contributed by atoms with Crippen LogP contribution in [0.1, 0.15) is 40.5 Å². The highest BCUT2D eigenvalue weighted by Gasteiger charge is 2.29. The van der Waals surface area contributed by atoms with Crippen molar-refractivity contribution in [3.8, 4) is 0 Å². The monoisotopic (exact) mass is 302 g/mol. The van der Waals surface area contributed by atoms with Crippen molar-refractivity contribution in [2.75, 3.05) is 18.9 Å². The van der Waals surface area contributed by atoms with E-state index in [1.165, 1.54) is 0 Å². The molecule has 0 aromatic rings. The maximum Gasteiger partial charge on any atom is 0.214 e. The highest BCUT2D eigenvalue weighted by atomic mass is 35.5. The van der Waals surface area contributed by atoms with E-state index >= 15 is 0 Å². The molecule has 0 saturated carbocycles. The molecule has 5 nitrogen and oxygen atoms in total. The van der Waals surface area contributed by atoms with Gasteiger partial charge in [-0.1, -0.05) is 13.8 Å². The summed E-state index contributed by atoms with van der Waals surface area (Å²) in [7, 11) is -3.33. The van der Waals surface area contributed by atoms with Crippen LogP contribution in [0.4, 0.5) is 0 Å². The molecule has 0 amide bonds. The van der Waals surface area contributed by atoms with E-state index in [4.69, 9.17) is 10.5 Å². The number of nitrogens with two attached hydrogens (primary N) is 1. The molecule has 0 aliphatic heterocycles. The van der Waals surface area contributed by atoms with E-state index < -0.39 is 15.6 Å². The molecular formula is C11H27ClN2O3S. The minimum Gasteiger partial charge on any atom is -0.378 e. The van der Waals surface area contributed by atoms with Gasteiger partial charge in [0.2, 0.25) is 10.0 Å². The van der Waals surface area contributed by atoms with E-state index in [-0.39, 0.29) is 30.9 Å². The van der Waals surface area contributed by atoms with Gasteiger partial charge in [-0.2, -0.15) is 0 Å². The van der Waals surface area contributed by atoms with Crippen LogP contribution in [0.15, 0.2) is 0 Å². The van der Waals surface area contributed by atoms with Crippen LogP contribution in [0.25, 0.3) is 0 Å². The van der Waals surface area contributed by atoms with Crippen LogP contribution in [0.2, 0.25) is 0 Å². The van der Waals surface area contributed by atoms with Gasteiger partial charge in [0.05, 0.1) is 18.5 Å². The lowest BCUT2D eigenvalue weighted by atomic mass is 9.95. The average Bonchev–Trinajstić information content (AvgIpc) is 2.25. The first kappa shape index (κ1) is 20.4. The molecule has 0 unspecified atom stereocenters. The number of sulfonamides is 1. The number of rotatable bonds is 9. The zero-order chi connectivity index (χ0) is 13.5. The highest BCUT2D eigenvalue weighted by molar-refractivity contribution is 7.89. The Balaban J connectivity index is 0. The van der Waals surface area contributed by atoms with Crippen LogP contribution in [0.3, 0.4) is 0 Å². The Morgan fingerprint density at radius 2 is 1.78 bits per heavy atom. The second-order valence-corrected chi connectivity index (χ2v) is 6.37. The van der Waals surface area contributed by atoms with Gasteiger partial charge in [-0.25, -0.2) is 13.1 Å². The third kappa shape index (κ3) is 7.53. The summed E-state index contributed by atoms with van der Waals surface area (Å²) in [6, 6.07) is 0. The van der Waals surface area contributed by atoms with Crippen LogP contribution in [0, 0.1) is 0 Å². The topological polar surface area (TPSA) is 81.4 Å². The molecule has 0 radical (unpaired) electrons. The second kappa shape index (κ2) is 9.09. The minimum absolute atomic E-state index is 0. The maximum atomic E-state index is 11.9. The number of hydrogen-bond acceptors (Lipinski definition) is 4. The van der Waals surface area contributed by atoms with Gasteiger partial charge in [0.15, 0.2) is 0 Å². The molecule has 0 bridgehead atoms. The molecule has 0 aromatic heterocycles. The molecule has 0 spiro atoms. The van der Waals surface area contributed by atoms with E-state index in [1.54, 1.807) is 0 Å². The molecule has 112 valence electrons. The highest BCUT2D eigenvalue weighted by Crippen LogP contribution is 2.14. The Kier molecular flexibility index (Phi) is 10.3. The minimum atomic E-state index is -3.33. The van der Waals surface area contributed by atoms with Crippen LogP contribution in [-0.4, -0.2) is 39.0 Å². The van der Waals surface area contributed by atoms with Crippen LogP contribution < -0.4 is 10.5 Å². The number of hydrogen-bond donors (Lipinski definition) is 2. The molecule has 7 heteroatoms. The van der Waals surface area contributed by atoms with Crippen molar-refractivity contribution in [1.82, 2.24) is 4.72 Å². The predicted molar refractivity (Wildman–Crippen MR) is 77.6 cm³/mol. The molecule has 3 N–H and O–H groups in total. The van der Waals surface area contributed by atoms with E-state index in [9.17, 15) is 8.42 Å². The van der Waals surface area contributed by atoms with Gasteiger partial charge in [-0.05, 0) is 26.7 Å². The van der Waals surface area contributed by atoms with Crippen LogP contribution in [-0.2, 0) is 14.8 Å². The summed E-state index contributed by atoms with van der Waals surface area (Å²) in [6.45, 7) is 8.14. The number of halogens is 1. The first-order valence-corrected chi connectivity index (χ1v) is 7.79. The molecular weight excluding hydrogens is 276 g/mol. The molecule has 0 atom stereocenters. The predicted octanol–water partition coefficient (Wildman–Crippen LogP) is 1.27. The second-order valence-electron chi connectivity index (χ2n) is 4.53. The van der Waals surface area contributed by atoms with E-state index in [0.717, 1.165) is 0 Å². The SMILES string of the molecule is CCC(CC)(CN)NS(=O)(=O)CCOC(C)C.Cl. The molecule has 18 heavy (non-hydrogen) atoms. The summed E-state index contributed by atoms with van der Waals surface area (Å²) in [5, 5.41) is 0. The van der Waals surface area contributed by atoms with Crippen molar-refractivity contribution in [1.29, 1.82) is 0 Å². The quantitative estimate of drug-likeness (QED) is 0.672. The lowest BCUT2D eigenvalue weighted by Crippen LogP contribution is -2.53. The lowest BCUT2D eigenvalue weighted by Gasteiger charge is -2.31. The van der Waals surface area contributed by atoms with Gasteiger partial charge in [0.25, 0.3) is 0 Å². The van der Waals surface area contributed by atoms with Gasteiger partial charge in [-0.3, -0.25) is 0 Å². The van der Waals surface area contributed by atoms with Crippen molar-refractivity contribution in [3.63, 3.8) is 0 Å². The Morgan fingerprint density at radius 1 is 1.28 bits per heavy atom. The fourth-order valence-corrected chi connectivity index (χ4v) is 2.95. The summed E-state index contributed by atoms with van der Waals surface area (Å²) in [6.07, 6.45) is 1.41. The first-order valence-electron chi connectivity index (χ1n) is 6.14. The van der Waals surface area contributed by atoms with Crippen molar-refractivity contribution < 1.29 is 13.2 Å². The summed E-state index contributed by atoms with van der Waals surface area (Å²) in [4.78, 5) is 0. The molecule has 0 aromatic carbocycles. The molecule has 0 rings (SSSR count). The molecule has 0 aliphatic carbocycles. The standard InChI is InChI=1S/C11H26N2O3S.ClH/c1-5-11(6-2,9-12)13-17(14,15)8-7-16-10(3)4;/h10,13H,5-9,12H2,1-4H3;1H. The molecule has 0 aliphatic rings. The molecule has 0 heterocycles. The van der Waals surface area contributed by atoms with Gasteiger partial charge < -0.3 is 10.5 Å². The lowest BCUT2D eigenvalue weighted by molar-refractivity contribution is 0.0910. The van der Waals surface area contributed by atoms with Crippen molar-refractivity contribution >= 4 is 22.4 Å². The zero-order valence-electron chi connectivity index (χ0n) is 11.7. The van der Waals surface area contributed by atoms with E-state index in [2.05, 4.69) is 4.72 Å². The smallest absolute Gasteiger partial charge is 0.214 e. The van der Waals surface area contributed by atoms with Gasteiger partial charge in [0, 0.05) is 12.1 Å². The van der Waals surface area contributed by atoms with Crippen molar-refractivity contribution in [2.45, 2.75) is 52.2 Å². The number of nitrogens with one attached hydrogen (secondary N) is 1. The largest absolute Gasteiger partial charge is 0.378 e. The fourth-order valence-electron chi connectivity index (χ4n) is 1.50. The summed E-state index contributed by atoms with van der Waals surface area (Å²) >= 11 is 0. The van der Waals surface area contributed by atoms with Gasteiger partial charge >= 0.3 is 0 Å². The maximum absolute atomic E-state index is 11.9. The fraction of sp³-hybridized carbons (Fsp3) is 1.00. The third-order valence-corrected chi connectivity index (χ3v) is 4.37. The normalized spacial score (nSPS) is 12.6. The molecule has 0 fully saturated rings. The Bertz CT molecular complexity index is 295. The molecule has 0 saturated heterocycles. The Hall–Kier alpha value is 0.120. The van der Waals surface area contributed by atoms with Gasteiger partial charge in [0.1, 0.15) is 0 Å². The summed E-state index contributed by atoms with van der Waals surface area (Å²) in [5.41, 5.74) is 5.14. The van der Waals surface area contributed by atoms with Crippen molar-refractivity contribution in [3.05, 3.63) is 0 Å². The van der Waals surface area contributed by atoms with E-state index in [1.807, 2.05) is 27.7 Å². The average molecular weight is 303 g/mol. The summed E-state index contributed by atoms with van der Waals surface area (Å²) in [5.74, 6) is -0.0209. The summed E-state index contributed by atoms with van der Waals surface area (Å²) < 4.78 is 31.7. The zero-order valence-corrected chi connectivity index (χ0v) is 13.4. The number of ether oxygens (including phenoxy) is 1. The van der Waals surface area contributed by atoms with Crippen LogP contribution in [0.5, 0.6) is 0 Å². The van der Waals surface area contributed by atoms with Gasteiger partial charge in [-0.15, -0.1) is 12.4 Å².